The van der Waals surface area contributed by atoms with Gasteiger partial charge in [-0.25, -0.2) is 0 Å². The lowest BCUT2D eigenvalue weighted by Crippen LogP contribution is -2.11. The molecule has 0 fully saturated rings. The minimum atomic E-state index is 0.280. The van der Waals surface area contributed by atoms with Crippen LogP contribution in [-0.2, 0) is 4.74 Å². The number of anilines is 1. The van der Waals surface area contributed by atoms with Crippen molar-refractivity contribution in [2.75, 3.05) is 25.6 Å². The highest BCUT2D eigenvalue weighted by atomic mass is 16.5. The van der Waals surface area contributed by atoms with E-state index in [9.17, 15) is 0 Å². The Morgan fingerprint density at radius 3 is 3.15 bits per heavy atom. The molecule has 1 aromatic heterocycles. The summed E-state index contributed by atoms with van der Waals surface area (Å²) in [5.74, 6) is 0.469. The van der Waals surface area contributed by atoms with Crippen LogP contribution in [0.15, 0.2) is 0 Å². The Balaban J connectivity index is 2.62. The van der Waals surface area contributed by atoms with Crippen LogP contribution in [0.2, 0.25) is 0 Å². The van der Waals surface area contributed by atoms with E-state index in [1.54, 1.807) is 7.11 Å². The molecule has 0 unspecified atom stereocenters. The third-order valence-corrected chi connectivity index (χ3v) is 1.50. The molecule has 66 valence electrons. The van der Waals surface area contributed by atoms with Crippen LogP contribution in [0, 0.1) is 11.3 Å². The van der Waals surface area contributed by atoms with Crippen LogP contribution in [0.25, 0.3) is 0 Å². The molecule has 1 heterocycles. The largest absolute Gasteiger partial charge is 0.383 e. The monoisotopic (exact) mass is 176 g/mol. The molecule has 0 aliphatic rings. The maximum Gasteiger partial charge on any atom is 0.165 e. The van der Waals surface area contributed by atoms with Crippen LogP contribution in [0.5, 0.6) is 0 Å². The zero-order valence-electron chi connectivity index (χ0n) is 7.29. The molecule has 0 amide bonds. The third kappa shape index (κ3) is 2.23. The summed E-state index contributed by atoms with van der Waals surface area (Å²) in [6, 6.07) is 1.95. The minimum Gasteiger partial charge on any atom is -0.383 e. The standard InChI is InChI=1S/C7H9BN4O/c1-13-3-2-10-7-5(4-9)6(8)11-12-7/h2-3H2,1H3,(H2,10,11,12). The van der Waals surface area contributed by atoms with Crippen LogP contribution in [0.3, 0.4) is 0 Å². The van der Waals surface area contributed by atoms with E-state index >= 15 is 0 Å². The summed E-state index contributed by atoms with van der Waals surface area (Å²) in [5, 5.41) is 17.9. The summed E-state index contributed by atoms with van der Waals surface area (Å²) in [4.78, 5) is 0. The number of methoxy groups -OCH3 is 1. The lowest BCUT2D eigenvalue weighted by Gasteiger charge is -2.01. The fourth-order valence-corrected chi connectivity index (χ4v) is 0.868. The highest BCUT2D eigenvalue weighted by Crippen LogP contribution is 2.05. The van der Waals surface area contributed by atoms with Crippen molar-refractivity contribution in [3.8, 4) is 6.07 Å². The van der Waals surface area contributed by atoms with E-state index < -0.39 is 0 Å². The molecule has 0 aliphatic carbocycles. The van der Waals surface area contributed by atoms with E-state index in [0.29, 0.717) is 24.5 Å². The van der Waals surface area contributed by atoms with E-state index in [2.05, 4.69) is 15.5 Å². The van der Waals surface area contributed by atoms with Crippen LogP contribution < -0.4 is 10.9 Å². The van der Waals surface area contributed by atoms with Crippen molar-refractivity contribution in [3.05, 3.63) is 5.56 Å². The average molecular weight is 176 g/mol. The van der Waals surface area contributed by atoms with Gasteiger partial charge in [-0.15, -0.1) is 0 Å². The lowest BCUT2D eigenvalue weighted by molar-refractivity contribution is 0.210. The molecule has 5 nitrogen and oxygen atoms in total. The highest BCUT2D eigenvalue weighted by molar-refractivity contribution is 6.32. The zero-order chi connectivity index (χ0) is 9.68. The number of nitrogens with one attached hydrogen (secondary N) is 2. The van der Waals surface area contributed by atoms with Crippen molar-refractivity contribution in [1.29, 1.82) is 5.26 Å². The summed E-state index contributed by atoms with van der Waals surface area (Å²) in [5.41, 5.74) is 0.624. The van der Waals surface area contributed by atoms with Crippen molar-refractivity contribution < 1.29 is 4.74 Å². The Hall–Kier alpha value is -1.48. The molecule has 2 radical (unpaired) electrons. The van der Waals surface area contributed by atoms with Gasteiger partial charge in [0.2, 0.25) is 0 Å². The zero-order valence-corrected chi connectivity index (χ0v) is 7.29. The van der Waals surface area contributed by atoms with Crippen LogP contribution in [-0.4, -0.2) is 38.3 Å². The van der Waals surface area contributed by atoms with Gasteiger partial charge in [0, 0.05) is 19.2 Å². The molecule has 0 spiro atoms. The van der Waals surface area contributed by atoms with Gasteiger partial charge in [0.25, 0.3) is 0 Å². The molecular formula is C7H9BN4O. The molecule has 0 aliphatic heterocycles. The highest BCUT2D eigenvalue weighted by Gasteiger charge is 2.07. The Morgan fingerprint density at radius 2 is 2.54 bits per heavy atom. The maximum absolute atomic E-state index is 8.68. The predicted molar refractivity (Wildman–Crippen MR) is 49.1 cm³/mol. The number of ether oxygens (including phenoxy) is 1. The molecule has 1 aromatic rings. The fraction of sp³-hybridized carbons (Fsp3) is 0.429. The van der Waals surface area contributed by atoms with E-state index in [4.69, 9.17) is 17.8 Å². The van der Waals surface area contributed by atoms with E-state index in [1.165, 1.54) is 0 Å². The van der Waals surface area contributed by atoms with Crippen LogP contribution >= 0.6 is 0 Å². The quantitative estimate of drug-likeness (QED) is 0.462. The number of rotatable bonds is 4. The summed E-state index contributed by atoms with van der Waals surface area (Å²) in [7, 11) is 7.05. The average Bonchev–Trinajstić information content (AvgIpc) is 2.47. The van der Waals surface area contributed by atoms with Gasteiger partial charge in [-0.2, -0.15) is 10.4 Å². The Bertz CT molecular complexity index is 317. The van der Waals surface area contributed by atoms with Crippen LogP contribution in [0.1, 0.15) is 5.56 Å². The lowest BCUT2D eigenvalue weighted by atomic mass is 10.0. The van der Waals surface area contributed by atoms with Crippen molar-refractivity contribution in [2.24, 2.45) is 0 Å². The number of aromatic amines is 1. The molecule has 0 aromatic carbocycles. The summed E-state index contributed by atoms with van der Waals surface area (Å²) in [6.45, 7) is 1.15. The second-order valence-corrected chi connectivity index (χ2v) is 2.39. The predicted octanol–water partition coefficient (Wildman–Crippen LogP) is -0.867. The first-order valence-corrected chi connectivity index (χ1v) is 3.76. The topological polar surface area (TPSA) is 73.7 Å². The fourth-order valence-electron chi connectivity index (χ4n) is 0.868. The number of aromatic nitrogens is 2. The molecule has 2 N–H and O–H groups in total. The number of nitrogens with zero attached hydrogens (tertiary/aromatic N) is 2. The molecule has 0 bridgehead atoms. The number of H-pyrrole nitrogens is 1. The van der Waals surface area contributed by atoms with Gasteiger partial charge in [0.1, 0.15) is 19.5 Å². The van der Waals surface area contributed by atoms with Crippen molar-refractivity contribution >= 4 is 19.3 Å². The van der Waals surface area contributed by atoms with E-state index in [1.807, 2.05) is 6.07 Å². The normalized spacial score (nSPS) is 9.54. The summed E-state index contributed by atoms with van der Waals surface area (Å²) >= 11 is 0. The van der Waals surface area contributed by atoms with Gasteiger partial charge in [0.15, 0.2) is 5.82 Å². The van der Waals surface area contributed by atoms with E-state index in [-0.39, 0.29) is 5.59 Å². The van der Waals surface area contributed by atoms with Crippen molar-refractivity contribution in [3.63, 3.8) is 0 Å². The first-order chi connectivity index (χ1) is 6.29. The first kappa shape index (κ1) is 9.61. The molecule has 0 atom stereocenters. The molecule has 1 rings (SSSR count). The van der Waals surface area contributed by atoms with Crippen molar-refractivity contribution in [1.82, 2.24) is 10.2 Å². The van der Waals surface area contributed by atoms with E-state index in [0.717, 1.165) is 0 Å². The molecule has 0 saturated heterocycles. The van der Waals surface area contributed by atoms with Crippen LogP contribution in [0.4, 0.5) is 5.82 Å². The maximum atomic E-state index is 8.68. The van der Waals surface area contributed by atoms with Gasteiger partial charge in [-0.3, -0.25) is 5.10 Å². The number of hydrogen-bond donors (Lipinski definition) is 2. The minimum absolute atomic E-state index is 0.280. The second-order valence-electron chi connectivity index (χ2n) is 2.39. The van der Waals surface area contributed by atoms with Gasteiger partial charge in [-0.1, -0.05) is 0 Å². The van der Waals surface area contributed by atoms with Gasteiger partial charge in [0.05, 0.1) is 6.61 Å². The first-order valence-electron chi connectivity index (χ1n) is 3.76. The van der Waals surface area contributed by atoms with Gasteiger partial charge in [-0.05, 0) is 0 Å². The van der Waals surface area contributed by atoms with Gasteiger partial charge >= 0.3 is 0 Å². The molecule has 6 heteroatoms. The van der Waals surface area contributed by atoms with Gasteiger partial charge < -0.3 is 10.1 Å². The van der Waals surface area contributed by atoms with Crippen molar-refractivity contribution in [2.45, 2.75) is 0 Å². The SMILES string of the molecule is [B]c1[nH]nc(NCCOC)c1C#N. The summed E-state index contributed by atoms with van der Waals surface area (Å²) < 4.78 is 4.83. The Labute approximate surface area is 77.5 Å². The molecular weight excluding hydrogens is 167 g/mol. The second kappa shape index (κ2) is 4.53. The Morgan fingerprint density at radius 1 is 1.77 bits per heavy atom. The smallest absolute Gasteiger partial charge is 0.165 e. The molecule has 13 heavy (non-hydrogen) atoms. The third-order valence-electron chi connectivity index (χ3n) is 1.50. The number of hydrogen-bond acceptors (Lipinski definition) is 4. The number of nitriles is 1. The summed E-state index contributed by atoms with van der Waals surface area (Å²) in [6.07, 6.45) is 0. The molecule has 0 saturated carbocycles. The Kier molecular flexibility index (Phi) is 3.35.